The normalized spacial score (nSPS) is 16.3. The molecule has 32 heavy (non-hydrogen) atoms. The van der Waals surface area contributed by atoms with Crippen LogP contribution in [-0.2, 0) is 4.84 Å². The first-order valence-electron chi connectivity index (χ1n) is 10.6. The van der Waals surface area contributed by atoms with Gasteiger partial charge in [-0.3, -0.25) is 4.84 Å². The summed E-state index contributed by atoms with van der Waals surface area (Å²) in [5.41, 5.74) is 11.0. The molecule has 162 valence electrons. The van der Waals surface area contributed by atoms with E-state index in [1.54, 1.807) is 4.52 Å². The highest BCUT2D eigenvalue weighted by atomic mass is 16.7. The molecule has 8 heteroatoms. The predicted molar refractivity (Wildman–Crippen MR) is 123 cm³/mol. The number of hydroxylamine groups is 2. The third kappa shape index (κ3) is 3.88. The van der Waals surface area contributed by atoms with Gasteiger partial charge in [0.15, 0.2) is 5.65 Å². The topological polar surface area (TPSA) is 97.8 Å². The molecule has 2 amide bonds. The Morgan fingerprint density at radius 3 is 2.78 bits per heavy atom. The number of nitrogens with zero attached hydrogens (tertiary/aromatic N) is 4. The number of benzene rings is 2. The number of fused-ring (bicyclic) bond motifs is 1. The van der Waals surface area contributed by atoms with Gasteiger partial charge >= 0.3 is 6.03 Å². The first kappa shape index (κ1) is 20.0. The van der Waals surface area contributed by atoms with Gasteiger partial charge in [-0.05, 0) is 54.7 Å². The Morgan fingerprint density at radius 1 is 1.12 bits per heavy atom. The number of hydrogen-bond acceptors (Lipinski definition) is 5. The number of pyridine rings is 1. The predicted octanol–water partition coefficient (Wildman–Crippen LogP) is 4.59. The second-order valence-electron chi connectivity index (χ2n) is 7.88. The SMILES string of the molecule is Cc1ccc(-c2ccc3nc(N)nn3c2)cc1NC(=O)N1OCCC[C@H]1c1ccccc1. The molecule has 2 aromatic heterocycles. The molecule has 0 bridgehead atoms. The lowest BCUT2D eigenvalue weighted by Crippen LogP contribution is -2.41. The van der Waals surface area contributed by atoms with Gasteiger partial charge < -0.3 is 11.1 Å². The number of rotatable bonds is 3. The maximum absolute atomic E-state index is 13.2. The van der Waals surface area contributed by atoms with Crippen LogP contribution in [0.2, 0.25) is 0 Å². The number of aromatic nitrogens is 3. The van der Waals surface area contributed by atoms with Gasteiger partial charge in [-0.25, -0.2) is 9.31 Å². The van der Waals surface area contributed by atoms with Crippen LogP contribution in [0.1, 0.15) is 30.0 Å². The summed E-state index contributed by atoms with van der Waals surface area (Å²) in [4.78, 5) is 23.1. The molecular formula is C24H24N6O2. The zero-order chi connectivity index (χ0) is 22.1. The van der Waals surface area contributed by atoms with Crippen molar-refractivity contribution < 1.29 is 9.63 Å². The zero-order valence-electron chi connectivity index (χ0n) is 17.7. The summed E-state index contributed by atoms with van der Waals surface area (Å²) in [5.74, 6) is 0.230. The molecular weight excluding hydrogens is 404 g/mol. The maximum Gasteiger partial charge on any atom is 0.346 e. The van der Waals surface area contributed by atoms with Crippen molar-refractivity contribution in [1.82, 2.24) is 19.7 Å². The van der Waals surface area contributed by atoms with Crippen molar-refractivity contribution in [3.05, 3.63) is 78.0 Å². The van der Waals surface area contributed by atoms with Crippen LogP contribution in [0, 0.1) is 6.92 Å². The maximum atomic E-state index is 13.2. The van der Waals surface area contributed by atoms with Crippen molar-refractivity contribution in [2.24, 2.45) is 0 Å². The van der Waals surface area contributed by atoms with Gasteiger partial charge in [0.1, 0.15) is 0 Å². The van der Waals surface area contributed by atoms with Gasteiger partial charge in [0.25, 0.3) is 0 Å². The van der Waals surface area contributed by atoms with Crippen molar-refractivity contribution in [3.8, 4) is 11.1 Å². The Hall–Kier alpha value is -3.91. The number of carbonyl (C=O) groups is 1. The van der Waals surface area contributed by atoms with Crippen LogP contribution in [-0.4, -0.2) is 32.3 Å². The lowest BCUT2D eigenvalue weighted by molar-refractivity contribution is -0.168. The van der Waals surface area contributed by atoms with E-state index in [2.05, 4.69) is 15.4 Å². The van der Waals surface area contributed by atoms with Crippen molar-refractivity contribution in [1.29, 1.82) is 0 Å². The summed E-state index contributed by atoms with van der Waals surface area (Å²) in [5, 5.41) is 8.68. The van der Waals surface area contributed by atoms with Gasteiger partial charge in [0, 0.05) is 17.4 Å². The number of carbonyl (C=O) groups excluding carboxylic acids is 1. The highest BCUT2D eigenvalue weighted by Crippen LogP contribution is 2.31. The molecule has 0 unspecified atom stereocenters. The molecule has 1 aliphatic rings. The van der Waals surface area contributed by atoms with Gasteiger partial charge in [-0.2, -0.15) is 10.0 Å². The Morgan fingerprint density at radius 2 is 1.94 bits per heavy atom. The fourth-order valence-electron chi connectivity index (χ4n) is 4.00. The van der Waals surface area contributed by atoms with Crippen molar-refractivity contribution in [2.75, 3.05) is 17.7 Å². The fraction of sp³-hybridized carbons (Fsp3) is 0.208. The summed E-state index contributed by atoms with van der Waals surface area (Å²) in [7, 11) is 0. The van der Waals surface area contributed by atoms with E-state index in [0.29, 0.717) is 12.3 Å². The molecule has 0 radical (unpaired) electrons. The average Bonchev–Trinajstić information content (AvgIpc) is 3.20. The van der Waals surface area contributed by atoms with Crippen LogP contribution >= 0.6 is 0 Å². The monoisotopic (exact) mass is 428 g/mol. The van der Waals surface area contributed by atoms with Crippen molar-refractivity contribution in [3.63, 3.8) is 0 Å². The molecule has 5 rings (SSSR count). The molecule has 1 atom stereocenters. The highest BCUT2D eigenvalue weighted by molar-refractivity contribution is 5.91. The van der Waals surface area contributed by atoms with Gasteiger partial charge in [-0.15, -0.1) is 5.10 Å². The summed E-state index contributed by atoms with van der Waals surface area (Å²) in [6.07, 6.45) is 3.64. The second-order valence-corrected chi connectivity index (χ2v) is 7.88. The zero-order valence-corrected chi connectivity index (χ0v) is 17.7. The van der Waals surface area contributed by atoms with E-state index in [9.17, 15) is 4.79 Å². The Balaban J connectivity index is 1.41. The number of nitrogens with two attached hydrogens (primary N) is 1. The third-order valence-corrected chi connectivity index (χ3v) is 5.68. The van der Waals surface area contributed by atoms with E-state index < -0.39 is 0 Å². The van der Waals surface area contributed by atoms with Gasteiger partial charge in [-0.1, -0.05) is 42.5 Å². The number of hydrogen-bond donors (Lipinski definition) is 2. The molecule has 0 aliphatic carbocycles. The standard InChI is InChI=1S/C24H24N6O2/c1-16-9-10-18(19-11-12-22-27-23(25)28-29(22)15-19)14-20(16)26-24(31)30-21(8-5-13-32-30)17-6-3-2-4-7-17/h2-4,6-7,9-12,14-15,21H,5,8,13H2,1H3,(H2,25,28)(H,26,31)/t21-/m0/s1. The molecule has 3 N–H and O–H groups in total. The largest absolute Gasteiger partial charge is 0.366 e. The minimum atomic E-state index is -0.279. The molecule has 0 spiro atoms. The van der Waals surface area contributed by atoms with E-state index in [0.717, 1.165) is 40.8 Å². The first-order chi connectivity index (χ1) is 15.6. The smallest absolute Gasteiger partial charge is 0.346 e. The Bertz CT molecular complexity index is 1270. The number of nitrogen functional groups attached to an aromatic ring is 1. The van der Waals surface area contributed by atoms with E-state index in [-0.39, 0.29) is 18.0 Å². The van der Waals surface area contributed by atoms with Crippen molar-refractivity contribution >= 4 is 23.3 Å². The van der Waals surface area contributed by atoms with E-state index in [4.69, 9.17) is 10.6 Å². The molecule has 1 saturated heterocycles. The molecule has 1 aliphatic heterocycles. The Kier molecular flexibility index (Phi) is 5.20. The summed E-state index contributed by atoms with van der Waals surface area (Å²) < 4.78 is 1.65. The van der Waals surface area contributed by atoms with Crippen LogP contribution in [0.25, 0.3) is 16.8 Å². The highest BCUT2D eigenvalue weighted by Gasteiger charge is 2.29. The van der Waals surface area contributed by atoms with Crippen LogP contribution < -0.4 is 11.1 Å². The minimum Gasteiger partial charge on any atom is -0.366 e. The molecule has 4 aromatic rings. The van der Waals surface area contributed by atoms with Gasteiger partial charge in [0.2, 0.25) is 5.95 Å². The van der Waals surface area contributed by atoms with Gasteiger partial charge in [0.05, 0.1) is 12.6 Å². The molecule has 1 fully saturated rings. The summed E-state index contributed by atoms with van der Waals surface area (Å²) in [6, 6.07) is 19.4. The minimum absolute atomic E-state index is 0.117. The molecule has 2 aromatic carbocycles. The van der Waals surface area contributed by atoms with Crippen LogP contribution in [0.5, 0.6) is 0 Å². The fourth-order valence-corrected chi connectivity index (χ4v) is 4.00. The van der Waals surface area contributed by atoms with Crippen molar-refractivity contribution in [2.45, 2.75) is 25.8 Å². The number of amides is 2. The molecule has 0 saturated carbocycles. The quantitative estimate of drug-likeness (QED) is 0.497. The van der Waals surface area contributed by atoms with Crippen LogP contribution in [0.15, 0.2) is 66.9 Å². The van der Waals surface area contributed by atoms with Crippen LogP contribution in [0.3, 0.4) is 0 Å². The first-order valence-corrected chi connectivity index (χ1v) is 10.6. The van der Waals surface area contributed by atoms with E-state index in [1.165, 1.54) is 5.06 Å². The third-order valence-electron chi connectivity index (χ3n) is 5.68. The Labute approximate surface area is 185 Å². The molecule has 3 heterocycles. The number of anilines is 2. The summed E-state index contributed by atoms with van der Waals surface area (Å²) in [6.45, 7) is 2.49. The molecule has 8 nitrogen and oxygen atoms in total. The number of urea groups is 1. The summed E-state index contributed by atoms with van der Waals surface area (Å²) >= 11 is 0. The average molecular weight is 428 g/mol. The van der Waals surface area contributed by atoms with E-state index in [1.807, 2.05) is 73.8 Å². The number of nitrogens with one attached hydrogen (secondary N) is 1. The lowest BCUT2D eigenvalue weighted by Gasteiger charge is -2.34. The lowest BCUT2D eigenvalue weighted by atomic mass is 10.0. The van der Waals surface area contributed by atoms with E-state index >= 15 is 0 Å². The number of aryl methyl sites for hydroxylation is 1. The second kappa shape index (κ2) is 8.32. The van der Waals surface area contributed by atoms with Crippen LogP contribution in [0.4, 0.5) is 16.4 Å².